The summed E-state index contributed by atoms with van der Waals surface area (Å²) in [5.74, 6) is 0.0433. The zero-order valence-electron chi connectivity index (χ0n) is 13.6. The van der Waals surface area contributed by atoms with Crippen LogP contribution in [0.15, 0.2) is 36.7 Å². The minimum atomic E-state index is -1.35. The number of aliphatic hydroxyl groups excluding tert-OH is 3. The molecule has 1 saturated heterocycles. The van der Waals surface area contributed by atoms with E-state index >= 15 is 0 Å². The van der Waals surface area contributed by atoms with Gasteiger partial charge in [-0.25, -0.2) is 0 Å². The molecule has 5 atom stereocenters. The molecule has 1 amide bonds. The first-order valence-corrected chi connectivity index (χ1v) is 7.90. The summed E-state index contributed by atoms with van der Waals surface area (Å²) in [5, 5.41) is 33.8. The molecule has 1 aromatic carbocycles. The van der Waals surface area contributed by atoms with E-state index < -0.39 is 43.2 Å². The molecule has 0 unspecified atom stereocenters. The van der Waals surface area contributed by atoms with Gasteiger partial charge in [0.2, 0.25) is 12.2 Å². The summed E-state index contributed by atoms with van der Waals surface area (Å²) in [6.45, 7) is 0.790. The topological polar surface area (TPSA) is 121 Å². The third-order valence-electron chi connectivity index (χ3n) is 4.14. The van der Waals surface area contributed by atoms with Crippen LogP contribution in [0.25, 0.3) is 10.8 Å². The van der Waals surface area contributed by atoms with Crippen molar-refractivity contribution in [1.82, 2.24) is 10.3 Å². The molecule has 0 aliphatic carbocycles. The van der Waals surface area contributed by atoms with Gasteiger partial charge in [0.25, 0.3) is 0 Å². The van der Waals surface area contributed by atoms with E-state index in [1.807, 2.05) is 12.1 Å². The number of rotatable bonds is 4. The van der Waals surface area contributed by atoms with E-state index in [2.05, 4.69) is 10.3 Å². The lowest BCUT2D eigenvalue weighted by atomic mass is 9.97. The van der Waals surface area contributed by atoms with Gasteiger partial charge in [0.15, 0.2) is 0 Å². The number of hydrogen-bond acceptors (Lipinski definition) is 7. The second-order valence-electron chi connectivity index (χ2n) is 5.90. The Morgan fingerprint density at radius 3 is 2.84 bits per heavy atom. The summed E-state index contributed by atoms with van der Waals surface area (Å²) in [4.78, 5) is 15.5. The van der Waals surface area contributed by atoms with Crippen molar-refractivity contribution in [3.05, 3.63) is 36.7 Å². The lowest BCUT2D eigenvalue weighted by Gasteiger charge is -2.42. The lowest BCUT2D eigenvalue weighted by molar-refractivity contribution is -0.244. The van der Waals surface area contributed by atoms with Crippen molar-refractivity contribution in [2.75, 3.05) is 6.61 Å². The van der Waals surface area contributed by atoms with E-state index in [1.54, 1.807) is 24.5 Å². The highest BCUT2D eigenvalue weighted by Gasteiger charge is 2.46. The fourth-order valence-electron chi connectivity index (χ4n) is 2.88. The monoisotopic (exact) mass is 348 g/mol. The number of ether oxygens (including phenoxy) is 2. The predicted molar refractivity (Wildman–Crippen MR) is 87.7 cm³/mol. The van der Waals surface area contributed by atoms with E-state index in [-0.39, 0.29) is 0 Å². The minimum Gasteiger partial charge on any atom is -0.462 e. The van der Waals surface area contributed by atoms with Crippen molar-refractivity contribution in [3.8, 4) is 5.75 Å². The van der Waals surface area contributed by atoms with Crippen LogP contribution < -0.4 is 10.1 Å². The number of fused-ring (bicyclic) bond motifs is 1. The SMILES string of the molecule is CC(=O)N[C@H]1[C@H](Oc2cccc3ccncc23)O[C@H](CO)[C@H](O)[C@@H]1O. The Labute approximate surface area is 144 Å². The summed E-state index contributed by atoms with van der Waals surface area (Å²) in [7, 11) is 0. The maximum atomic E-state index is 11.5. The fourth-order valence-corrected chi connectivity index (χ4v) is 2.88. The van der Waals surface area contributed by atoms with E-state index in [0.717, 1.165) is 10.8 Å². The molecule has 8 nitrogen and oxygen atoms in total. The van der Waals surface area contributed by atoms with E-state index in [4.69, 9.17) is 9.47 Å². The number of pyridine rings is 1. The first kappa shape index (κ1) is 17.6. The second-order valence-corrected chi connectivity index (χ2v) is 5.90. The molecule has 8 heteroatoms. The van der Waals surface area contributed by atoms with Gasteiger partial charge < -0.3 is 30.1 Å². The van der Waals surface area contributed by atoms with Gasteiger partial charge in [0, 0.05) is 24.7 Å². The Bertz CT molecular complexity index is 750. The number of aliphatic hydroxyl groups is 3. The van der Waals surface area contributed by atoms with Gasteiger partial charge in [-0.15, -0.1) is 0 Å². The van der Waals surface area contributed by atoms with Gasteiger partial charge >= 0.3 is 0 Å². The van der Waals surface area contributed by atoms with Crippen LogP contribution in [0, 0.1) is 0 Å². The minimum absolute atomic E-state index is 0.407. The molecule has 2 heterocycles. The van der Waals surface area contributed by atoms with Crippen LogP contribution in [-0.2, 0) is 9.53 Å². The zero-order valence-corrected chi connectivity index (χ0v) is 13.6. The predicted octanol–water partition coefficient (Wildman–Crippen LogP) is -0.443. The fraction of sp³-hybridized carbons (Fsp3) is 0.412. The molecule has 0 bridgehead atoms. The molecular formula is C17H20N2O6. The number of amides is 1. The molecule has 1 aliphatic heterocycles. The van der Waals surface area contributed by atoms with E-state index in [9.17, 15) is 20.1 Å². The van der Waals surface area contributed by atoms with Crippen molar-refractivity contribution in [3.63, 3.8) is 0 Å². The quantitative estimate of drug-likeness (QED) is 0.591. The van der Waals surface area contributed by atoms with Crippen molar-refractivity contribution in [1.29, 1.82) is 0 Å². The second kappa shape index (κ2) is 7.32. The van der Waals surface area contributed by atoms with Crippen molar-refractivity contribution in [2.45, 2.75) is 37.6 Å². The standard InChI is InChI=1S/C17H20N2O6/c1-9(21)19-14-16(23)15(22)13(8-20)25-17(14)24-12-4-2-3-10-5-6-18-7-11(10)12/h2-7,13-17,20,22-23H,8H2,1H3,(H,19,21)/t13-,14-,15+,16-,17-/m1/s1. The Balaban J connectivity index is 1.92. The molecule has 0 radical (unpaired) electrons. The van der Waals surface area contributed by atoms with Crippen LogP contribution in [0.2, 0.25) is 0 Å². The van der Waals surface area contributed by atoms with E-state index in [0.29, 0.717) is 5.75 Å². The highest BCUT2D eigenvalue weighted by atomic mass is 16.7. The number of nitrogens with zero attached hydrogens (tertiary/aromatic N) is 1. The molecule has 25 heavy (non-hydrogen) atoms. The molecular weight excluding hydrogens is 328 g/mol. The van der Waals surface area contributed by atoms with Crippen LogP contribution in [0.4, 0.5) is 0 Å². The number of nitrogens with one attached hydrogen (secondary N) is 1. The molecule has 1 aromatic heterocycles. The zero-order chi connectivity index (χ0) is 18.0. The Hall–Kier alpha value is -2.26. The van der Waals surface area contributed by atoms with Crippen LogP contribution in [0.3, 0.4) is 0 Å². The average molecular weight is 348 g/mol. The number of hydrogen-bond donors (Lipinski definition) is 4. The van der Waals surface area contributed by atoms with Crippen molar-refractivity contribution in [2.24, 2.45) is 0 Å². The molecule has 1 aliphatic rings. The Morgan fingerprint density at radius 1 is 1.32 bits per heavy atom. The van der Waals surface area contributed by atoms with Crippen LogP contribution in [-0.4, -0.2) is 63.5 Å². The summed E-state index contributed by atoms with van der Waals surface area (Å²) < 4.78 is 11.4. The molecule has 134 valence electrons. The van der Waals surface area contributed by atoms with Crippen molar-refractivity contribution >= 4 is 16.7 Å². The van der Waals surface area contributed by atoms with Gasteiger partial charge in [-0.2, -0.15) is 0 Å². The summed E-state index contributed by atoms with van der Waals surface area (Å²) in [5.41, 5.74) is 0. The molecule has 0 saturated carbocycles. The third-order valence-corrected chi connectivity index (χ3v) is 4.14. The number of carbonyl (C=O) groups is 1. The first-order chi connectivity index (χ1) is 12.0. The molecule has 3 rings (SSSR count). The lowest BCUT2D eigenvalue weighted by Crippen LogP contribution is -2.65. The Morgan fingerprint density at radius 2 is 2.12 bits per heavy atom. The first-order valence-electron chi connectivity index (χ1n) is 7.90. The largest absolute Gasteiger partial charge is 0.462 e. The number of benzene rings is 1. The van der Waals surface area contributed by atoms with Gasteiger partial charge in [-0.3, -0.25) is 9.78 Å². The average Bonchev–Trinajstić information content (AvgIpc) is 2.61. The summed E-state index contributed by atoms with van der Waals surface area (Å²) in [6, 6.07) is 6.23. The van der Waals surface area contributed by atoms with Crippen LogP contribution in [0.5, 0.6) is 5.75 Å². The van der Waals surface area contributed by atoms with Gasteiger partial charge in [-0.1, -0.05) is 12.1 Å². The third kappa shape index (κ3) is 3.57. The van der Waals surface area contributed by atoms with Crippen molar-refractivity contribution < 1.29 is 29.6 Å². The summed E-state index contributed by atoms with van der Waals surface area (Å²) >= 11 is 0. The Kier molecular flexibility index (Phi) is 5.14. The highest BCUT2D eigenvalue weighted by molar-refractivity contribution is 5.87. The van der Waals surface area contributed by atoms with Crippen LogP contribution in [0.1, 0.15) is 6.92 Å². The normalized spacial score (nSPS) is 29.4. The van der Waals surface area contributed by atoms with Gasteiger partial charge in [0.1, 0.15) is 30.1 Å². The van der Waals surface area contributed by atoms with E-state index in [1.165, 1.54) is 6.92 Å². The summed E-state index contributed by atoms with van der Waals surface area (Å²) in [6.07, 6.45) is -1.53. The number of carbonyl (C=O) groups excluding carboxylic acids is 1. The van der Waals surface area contributed by atoms with Gasteiger partial charge in [0.05, 0.1) is 6.61 Å². The number of aromatic nitrogens is 1. The smallest absolute Gasteiger partial charge is 0.223 e. The van der Waals surface area contributed by atoms with Gasteiger partial charge in [-0.05, 0) is 17.5 Å². The molecule has 0 spiro atoms. The molecule has 4 N–H and O–H groups in total. The maximum Gasteiger partial charge on any atom is 0.223 e. The molecule has 1 fully saturated rings. The highest BCUT2D eigenvalue weighted by Crippen LogP contribution is 2.29. The maximum absolute atomic E-state index is 11.5. The van der Waals surface area contributed by atoms with Crippen LogP contribution >= 0.6 is 0 Å². The molecule has 2 aromatic rings.